The molecule has 1 aliphatic heterocycles. The molecule has 0 aromatic heterocycles. The van der Waals surface area contributed by atoms with Crippen molar-refractivity contribution in [2.24, 2.45) is 11.8 Å². The summed E-state index contributed by atoms with van der Waals surface area (Å²) in [5.41, 5.74) is 0. The number of methoxy groups -OCH3 is 1. The van der Waals surface area contributed by atoms with Crippen LogP contribution >= 0.6 is 0 Å². The smallest absolute Gasteiger partial charge is 0.0724 e. The molecule has 1 N–H and O–H groups in total. The van der Waals surface area contributed by atoms with Gasteiger partial charge in [0.15, 0.2) is 0 Å². The van der Waals surface area contributed by atoms with Crippen LogP contribution in [0.2, 0.25) is 0 Å². The number of rotatable bonds is 3. The highest BCUT2D eigenvalue weighted by molar-refractivity contribution is 4.82. The van der Waals surface area contributed by atoms with Crippen molar-refractivity contribution < 1.29 is 4.74 Å². The van der Waals surface area contributed by atoms with Gasteiger partial charge in [-0.15, -0.1) is 0 Å². The third kappa shape index (κ3) is 2.23. The Morgan fingerprint density at radius 2 is 2.15 bits per heavy atom. The van der Waals surface area contributed by atoms with E-state index in [0.717, 1.165) is 18.4 Å². The summed E-state index contributed by atoms with van der Waals surface area (Å²) in [6.07, 6.45) is 7.62. The predicted octanol–water partition coefficient (Wildman–Crippen LogP) is 1.80. The Kier molecular flexibility index (Phi) is 3.23. The maximum atomic E-state index is 5.51. The molecule has 2 aliphatic rings. The molecule has 2 unspecified atom stereocenters. The molecular formula is C11H21NO. The van der Waals surface area contributed by atoms with Crippen molar-refractivity contribution in [3.63, 3.8) is 0 Å². The van der Waals surface area contributed by atoms with E-state index in [1.54, 1.807) is 0 Å². The highest BCUT2D eigenvalue weighted by atomic mass is 16.5. The van der Waals surface area contributed by atoms with Crippen LogP contribution in [0.25, 0.3) is 0 Å². The molecule has 0 aromatic rings. The fraction of sp³-hybridized carbons (Fsp3) is 1.00. The Hall–Kier alpha value is -0.0800. The monoisotopic (exact) mass is 183 g/mol. The third-order valence-corrected chi connectivity index (χ3v) is 3.73. The van der Waals surface area contributed by atoms with E-state index in [1.807, 2.05) is 7.11 Å². The summed E-state index contributed by atoms with van der Waals surface area (Å²) in [5, 5.41) is 3.40. The highest BCUT2D eigenvalue weighted by Crippen LogP contribution is 2.35. The lowest BCUT2D eigenvalue weighted by atomic mass is 9.76. The summed E-state index contributed by atoms with van der Waals surface area (Å²) in [4.78, 5) is 0. The van der Waals surface area contributed by atoms with E-state index in [0.29, 0.717) is 6.10 Å². The van der Waals surface area contributed by atoms with Gasteiger partial charge in [-0.25, -0.2) is 0 Å². The largest absolute Gasteiger partial charge is 0.380 e. The Bertz CT molecular complexity index is 156. The van der Waals surface area contributed by atoms with Crippen molar-refractivity contribution in [1.82, 2.24) is 5.32 Å². The zero-order chi connectivity index (χ0) is 9.10. The van der Waals surface area contributed by atoms with Crippen molar-refractivity contribution in [3.05, 3.63) is 0 Å². The second-order valence-electron chi connectivity index (χ2n) is 4.56. The van der Waals surface area contributed by atoms with Gasteiger partial charge in [0.05, 0.1) is 6.10 Å². The minimum absolute atomic E-state index is 0.481. The van der Waals surface area contributed by atoms with Crippen LogP contribution in [0.15, 0.2) is 0 Å². The van der Waals surface area contributed by atoms with Crippen molar-refractivity contribution in [2.45, 2.75) is 38.2 Å². The molecule has 1 saturated carbocycles. The van der Waals surface area contributed by atoms with Gasteiger partial charge in [0.25, 0.3) is 0 Å². The average Bonchev–Trinajstić information content (AvgIpc) is 2.12. The standard InChI is InChI=1S/C11H21NO/c1-13-11-8-12-6-5-10(11)7-9-3-2-4-9/h9-12H,2-8H2,1H3. The Labute approximate surface area is 81.0 Å². The zero-order valence-corrected chi connectivity index (χ0v) is 8.59. The van der Waals surface area contributed by atoms with Gasteiger partial charge >= 0.3 is 0 Å². The molecule has 2 rings (SSSR count). The molecule has 0 bridgehead atoms. The highest BCUT2D eigenvalue weighted by Gasteiger charge is 2.29. The Balaban J connectivity index is 1.79. The molecule has 2 atom stereocenters. The first-order valence-corrected chi connectivity index (χ1v) is 5.63. The lowest BCUT2D eigenvalue weighted by molar-refractivity contribution is 0.0180. The molecule has 0 radical (unpaired) electrons. The van der Waals surface area contributed by atoms with E-state index >= 15 is 0 Å². The van der Waals surface area contributed by atoms with Crippen LogP contribution < -0.4 is 5.32 Å². The van der Waals surface area contributed by atoms with Crippen molar-refractivity contribution in [2.75, 3.05) is 20.2 Å². The molecule has 13 heavy (non-hydrogen) atoms. The van der Waals surface area contributed by atoms with Crippen LogP contribution in [-0.4, -0.2) is 26.3 Å². The van der Waals surface area contributed by atoms with Crippen LogP contribution in [0, 0.1) is 11.8 Å². The first kappa shape index (κ1) is 9.47. The van der Waals surface area contributed by atoms with Crippen molar-refractivity contribution in [3.8, 4) is 0 Å². The van der Waals surface area contributed by atoms with E-state index < -0.39 is 0 Å². The van der Waals surface area contributed by atoms with E-state index in [4.69, 9.17) is 4.74 Å². The number of piperidine rings is 1. The van der Waals surface area contributed by atoms with E-state index in [1.165, 1.54) is 38.6 Å². The molecular weight excluding hydrogens is 162 g/mol. The van der Waals surface area contributed by atoms with Gasteiger partial charge in [0.2, 0.25) is 0 Å². The molecule has 1 heterocycles. The van der Waals surface area contributed by atoms with Gasteiger partial charge in [0, 0.05) is 13.7 Å². The lowest BCUT2D eigenvalue weighted by Crippen LogP contribution is -2.42. The van der Waals surface area contributed by atoms with Gasteiger partial charge in [-0.1, -0.05) is 19.3 Å². The van der Waals surface area contributed by atoms with Gasteiger partial charge in [-0.05, 0) is 31.2 Å². The Morgan fingerprint density at radius 3 is 2.77 bits per heavy atom. The first-order valence-electron chi connectivity index (χ1n) is 5.63. The predicted molar refractivity (Wildman–Crippen MR) is 53.7 cm³/mol. The number of hydrogen-bond acceptors (Lipinski definition) is 2. The summed E-state index contributed by atoms with van der Waals surface area (Å²) >= 11 is 0. The van der Waals surface area contributed by atoms with Crippen molar-refractivity contribution >= 4 is 0 Å². The summed E-state index contributed by atoms with van der Waals surface area (Å²) in [5.74, 6) is 1.86. The third-order valence-electron chi connectivity index (χ3n) is 3.73. The number of hydrogen-bond donors (Lipinski definition) is 1. The fourth-order valence-corrected chi connectivity index (χ4v) is 2.59. The molecule has 0 spiro atoms. The van der Waals surface area contributed by atoms with Gasteiger partial charge in [-0.3, -0.25) is 0 Å². The fourth-order valence-electron chi connectivity index (χ4n) is 2.59. The average molecular weight is 183 g/mol. The minimum Gasteiger partial charge on any atom is -0.380 e. The van der Waals surface area contributed by atoms with E-state index in [2.05, 4.69) is 5.32 Å². The van der Waals surface area contributed by atoms with Crippen molar-refractivity contribution in [1.29, 1.82) is 0 Å². The van der Waals surface area contributed by atoms with Crippen LogP contribution in [0.4, 0.5) is 0 Å². The molecule has 2 fully saturated rings. The first-order chi connectivity index (χ1) is 6.40. The number of nitrogens with one attached hydrogen (secondary N) is 1. The second-order valence-corrected chi connectivity index (χ2v) is 4.56. The molecule has 0 amide bonds. The number of ether oxygens (including phenoxy) is 1. The summed E-state index contributed by atoms with van der Waals surface area (Å²) in [6, 6.07) is 0. The topological polar surface area (TPSA) is 21.3 Å². The molecule has 0 aromatic carbocycles. The maximum absolute atomic E-state index is 5.51. The molecule has 76 valence electrons. The zero-order valence-electron chi connectivity index (χ0n) is 8.59. The summed E-state index contributed by atoms with van der Waals surface area (Å²) in [6.45, 7) is 2.26. The van der Waals surface area contributed by atoms with Crippen LogP contribution in [0.3, 0.4) is 0 Å². The van der Waals surface area contributed by atoms with Crippen LogP contribution in [0.1, 0.15) is 32.1 Å². The molecule has 2 heteroatoms. The lowest BCUT2D eigenvalue weighted by Gasteiger charge is -2.36. The van der Waals surface area contributed by atoms with Crippen LogP contribution in [0.5, 0.6) is 0 Å². The van der Waals surface area contributed by atoms with Gasteiger partial charge in [-0.2, -0.15) is 0 Å². The Morgan fingerprint density at radius 1 is 1.31 bits per heavy atom. The normalized spacial score (nSPS) is 35.8. The van der Waals surface area contributed by atoms with E-state index in [9.17, 15) is 0 Å². The molecule has 1 aliphatic carbocycles. The van der Waals surface area contributed by atoms with Crippen LogP contribution in [-0.2, 0) is 4.74 Å². The quantitative estimate of drug-likeness (QED) is 0.720. The maximum Gasteiger partial charge on any atom is 0.0724 e. The minimum atomic E-state index is 0.481. The SMILES string of the molecule is COC1CNCCC1CC1CCC1. The molecule has 1 saturated heterocycles. The summed E-state index contributed by atoms with van der Waals surface area (Å²) in [7, 11) is 1.85. The van der Waals surface area contributed by atoms with Gasteiger partial charge in [0.1, 0.15) is 0 Å². The summed E-state index contributed by atoms with van der Waals surface area (Å²) < 4.78 is 5.51. The molecule has 2 nitrogen and oxygen atoms in total. The second kappa shape index (κ2) is 4.43. The van der Waals surface area contributed by atoms with E-state index in [-0.39, 0.29) is 0 Å². The van der Waals surface area contributed by atoms with Gasteiger partial charge < -0.3 is 10.1 Å².